The third kappa shape index (κ3) is 3.39. The minimum Gasteiger partial charge on any atom is -0.477 e. The van der Waals surface area contributed by atoms with Crippen LogP contribution in [0.15, 0.2) is 18.3 Å². The Balaban J connectivity index is 1.80. The molecule has 2 N–H and O–H groups in total. The number of nitrogens with two attached hydrogens (primary N) is 1. The highest BCUT2D eigenvalue weighted by Gasteiger charge is 2.17. The van der Waals surface area contributed by atoms with Crippen molar-refractivity contribution >= 4 is 33.3 Å². The smallest absolute Gasteiger partial charge is 0.344 e. The average Bonchev–Trinajstić information content (AvgIpc) is 2.88. The predicted octanol–water partition coefficient (Wildman–Crippen LogP) is 3.04. The zero-order valence-corrected chi connectivity index (χ0v) is 15.0. The molecule has 8 heteroatoms. The predicted molar refractivity (Wildman–Crippen MR) is 95.8 cm³/mol. The number of anilines is 1. The van der Waals surface area contributed by atoms with E-state index in [0.717, 1.165) is 20.7 Å². The summed E-state index contributed by atoms with van der Waals surface area (Å²) in [4.78, 5) is 27.0. The van der Waals surface area contributed by atoms with Crippen molar-refractivity contribution in [2.24, 2.45) is 0 Å². The van der Waals surface area contributed by atoms with Gasteiger partial charge in [-0.3, -0.25) is 0 Å². The van der Waals surface area contributed by atoms with Gasteiger partial charge in [-0.05, 0) is 38.5 Å². The van der Waals surface area contributed by atoms with Gasteiger partial charge in [0.25, 0.3) is 0 Å². The number of esters is 1. The van der Waals surface area contributed by atoms with Gasteiger partial charge in [-0.15, -0.1) is 11.3 Å². The second-order valence-electron chi connectivity index (χ2n) is 5.35. The van der Waals surface area contributed by atoms with Gasteiger partial charge in [0.05, 0.1) is 12.0 Å². The monoisotopic (exact) mass is 358 g/mol. The van der Waals surface area contributed by atoms with E-state index < -0.39 is 5.97 Å². The Morgan fingerprint density at radius 1 is 1.32 bits per heavy atom. The van der Waals surface area contributed by atoms with Gasteiger partial charge in [0, 0.05) is 11.1 Å². The molecule has 3 aromatic heterocycles. The first-order valence-corrected chi connectivity index (χ1v) is 8.60. The Labute approximate surface area is 148 Å². The van der Waals surface area contributed by atoms with Gasteiger partial charge in [0.15, 0.2) is 12.4 Å². The third-order valence-corrected chi connectivity index (χ3v) is 4.81. The van der Waals surface area contributed by atoms with Crippen LogP contribution in [0.25, 0.3) is 10.2 Å². The van der Waals surface area contributed by atoms with Gasteiger partial charge in [0.2, 0.25) is 5.88 Å². The number of aryl methyl sites for hydroxylation is 2. The van der Waals surface area contributed by atoms with Crippen LogP contribution in [0.3, 0.4) is 0 Å². The van der Waals surface area contributed by atoms with Gasteiger partial charge in [-0.2, -0.15) is 0 Å². The average molecular weight is 358 g/mol. The molecule has 0 aliphatic carbocycles. The van der Waals surface area contributed by atoms with Crippen LogP contribution in [0, 0.1) is 13.8 Å². The SMILES string of the molecule is CCOc1ncccc1C(=O)OCc1nc(N)c2c(C)c(C)sc2n1. The summed E-state index contributed by atoms with van der Waals surface area (Å²) in [5.74, 6) is 0.462. The second-order valence-corrected chi connectivity index (χ2v) is 6.56. The maximum absolute atomic E-state index is 12.3. The summed E-state index contributed by atoms with van der Waals surface area (Å²) in [6.07, 6.45) is 1.56. The minimum absolute atomic E-state index is 0.0740. The molecular weight excluding hydrogens is 340 g/mol. The van der Waals surface area contributed by atoms with Crippen LogP contribution >= 0.6 is 11.3 Å². The number of aromatic nitrogens is 3. The number of fused-ring (bicyclic) bond motifs is 1. The number of ether oxygens (including phenoxy) is 2. The molecule has 0 radical (unpaired) electrons. The van der Waals surface area contributed by atoms with Crippen molar-refractivity contribution < 1.29 is 14.3 Å². The lowest BCUT2D eigenvalue weighted by Gasteiger charge is -2.08. The lowest BCUT2D eigenvalue weighted by molar-refractivity contribution is 0.0457. The van der Waals surface area contributed by atoms with E-state index in [1.54, 1.807) is 29.7 Å². The second kappa shape index (κ2) is 7.02. The van der Waals surface area contributed by atoms with Crippen molar-refractivity contribution in [3.63, 3.8) is 0 Å². The molecule has 0 aromatic carbocycles. The Hall–Kier alpha value is -2.74. The summed E-state index contributed by atoms with van der Waals surface area (Å²) in [7, 11) is 0. The molecule has 0 atom stereocenters. The molecule has 0 unspecified atom stereocenters. The summed E-state index contributed by atoms with van der Waals surface area (Å²) in [5, 5.41) is 0.864. The van der Waals surface area contributed by atoms with Crippen LogP contribution in [-0.4, -0.2) is 27.5 Å². The summed E-state index contributed by atoms with van der Waals surface area (Å²) in [5.41, 5.74) is 7.38. The van der Waals surface area contributed by atoms with Gasteiger partial charge >= 0.3 is 5.97 Å². The first-order valence-electron chi connectivity index (χ1n) is 7.78. The Bertz CT molecular complexity index is 939. The number of hydrogen-bond acceptors (Lipinski definition) is 8. The van der Waals surface area contributed by atoms with E-state index in [9.17, 15) is 4.79 Å². The molecule has 0 spiro atoms. The number of pyridine rings is 1. The molecule has 3 aromatic rings. The fourth-order valence-electron chi connectivity index (χ4n) is 2.40. The molecule has 130 valence electrons. The summed E-state index contributed by atoms with van der Waals surface area (Å²) in [6.45, 7) is 6.16. The zero-order chi connectivity index (χ0) is 18.0. The zero-order valence-electron chi connectivity index (χ0n) is 14.2. The highest BCUT2D eigenvalue weighted by atomic mass is 32.1. The van der Waals surface area contributed by atoms with Crippen molar-refractivity contribution in [3.8, 4) is 5.88 Å². The van der Waals surface area contributed by atoms with E-state index in [0.29, 0.717) is 18.2 Å². The van der Waals surface area contributed by atoms with Crippen LogP contribution < -0.4 is 10.5 Å². The molecule has 0 saturated carbocycles. The van der Waals surface area contributed by atoms with Crippen molar-refractivity contribution in [2.75, 3.05) is 12.3 Å². The molecule has 0 fully saturated rings. The normalized spacial score (nSPS) is 10.8. The van der Waals surface area contributed by atoms with E-state index >= 15 is 0 Å². The molecule has 3 rings (SSSR count). The van der Waals surface area contributed by atoms with E-state index in [-0.39, 0.29) is 18.1 Å². The number of hydrogen-bond donors (Lipinski definition) is 1. The van der Waals surface area contributed by atoms with Gasteiger partial charge in [-0.25, -0.2) is 19.7 Å². The molecule has 7 nitrogen and oxygen atoms in total. The van der Waals surface area contributed by atoms with Crippen LogP contribution in [0.4, 0.5) is 5.82 Å². The number of thiophene rings is 1. The Morgan fingerprint density at radius 3 is 2.88 bits per heavy atom. The molecule has 25 heavy (non-hydrogen) atoms. The van der Waals surface area contributed by atoms with Crippen LogP contribution in [0.5, 0.6) is 5.88 Å². The highest BCUT2D eigenvalue weighted by Crippen LogP contribution is 2.31. The first-order chi connectivity index (χ1) is 12.0. The minimum atomic E-state index is -0.544. The van der Waals surface area contributed by atoms with E-state index in [2.05, 4.69) is 15.0 Å². The van der Waals surface area contributed by atoms with Gasteiger partial charge in [0.1, 0.15) is 16.2 Å². The number of nitrogens with zero attached hydrogens (tertiary/aromatic N) is 3. The third-order valence-electron chi connectivity index (χ3n) is 3.71. The molecule has 0 saturated heterocycles. The standard InChI is InChI=1S/C17H18N4O3S/c1-4-23-15-11(6-5-7-19-15)17(22)24-8-12-20-14(18)13-9(2)10(3)25-16(13)21-12/h5-7H,4,8H2,1-3H3,(H2,18,20,21). The molecule has 0 aliphatic rings. The van der Waals surface area contributed by atoms with Crippen molar-refractivity contribution in [1.29, 1.82) is 0 Å². The fraction of sp³-hybridized carbons (Fsp3) is 0.294. The van der Waals surface area contributed by atoms with Crippen LogP contribution in [0.1, 0.15) is 33.5 Å². The highest BCUT2D eigenvalue weighted by molar-refractivity contribution is 7.18. The number of nitrogen functional groups attached to an aromatic ring is 1. The molecule has 0 amide bonds. The lowest BCUT2D eigenvalue weighted by atomic mass is 10.2. The number of carbonyl (C=O) groups excluding carboxylic acids is 1. The maximum Gasteiger partial charge on any atom is 0.344 e. The lowest BCUT2D eigenvalue weighted by Crippen LogP contribution is -2.11. The summed E-state index contributed by atoms with van der Waals surface area (Å²) in [6, 6.07) is 3.25. The Kier molecular flexibility index (Phi) is 4.80. The van der Waals surface area contributed by atoms with Gasteiger partial charge < -0.3 is 15.2 Å². The van der Waals surface area contributed by atoms with Crippen LogP contribution in [0.2, 0.25) is 0 Å². The van der Waals surface area contributed by atoms with Crippen molar-refractivity contribution in [3.05, 3.63) is 40.2 Å². The maximum atomic E-state index is 12.3. The van der Waals surface area contributed by atoms with Gasteiger partial charge in [-0.1, -0.05) is 0 Å². The van der Waals surface area contributed by atoms with Crippen LogP contribution in [-0.2, 0) is 11.3 Å². The number of carbonyl (C=O) groups is 1. The quantitative estimate of drug-likeness (QED) is 0.700. The Morgan fingerprint density at radius 2 is 2.12 bits per heavy atom. The first kappa shape index (κ1) is 17.1. The molecule has 0 bridgehead atoms. The number of rotatable bonds is 5. The van der Waals surface area contributed by atoms with Crippen molar-refractivity contribution in [2.45, 2.75) is 27.4 Å². The fourth-order valence-corrected chi connectivity index (χ4v) is 3.45. The largest absolute Gasteiger partial charge is 0.477 e. The molecular formula is C17H18N4O3S. The molecule has 0 aliphatic heterocycles. The molecule has 3 heterocycles. The van der Waals surface area contributed by atoms with E-state index in [1.165, 1.54) is 0 Å². The van der Waals surface area contributed by atoms with E-state index in [4.69, 9.17) is 15.2 Å². The van der Waals surface area contributed by atoms with Crippen molar-refractivity contribution in [1.82, 2.24) is 15.0 Å². The summed E-state index contributed by atoms with van der Waals surface area (Å²) >= 11 is 1.55. The van der Waals surface area contributed by atoms with E-state index in [1.807, 2.05) is 20.8 Å². The summed E-state index contributed by atoms with van der Waals surface area (Å²) < 4.78 is 10.6. The topological polar surface area (TPSA) is 100 Å².